The maximum absolute atomic E-state index is 12.1. The van der Waals surface area contributed by atoms with Gasteiger partial charge in [-0.25, -0.2) is 4.98 Å². The number of amides is 1. The molecular weight excluding hydrogens is 320 g/mol. The fraction of sp³-hybridized carbons (Fsp3) is 0.200. The number of hydrogen-bond acceptors (Lipinski definition) is 3. The molecule has 0 aliphatic heterocycles. The van der Waals surface area contributed by atoms with Crippen LogP contribution in [0.15, 0.2) is 47.2 Å². The highest BCUT2D eigenvalue weighted by atomic mass is 79.9. The topological polar surface area (TPSA) is 51.2 Å². The fourth-order valence-corrected chi connectivity index (χ4v) is 2.02. The van der Waals surface area contributed by atoms with E-state index in [4.69, 9.17) is 4.74 Å². The molecule has 2 rings (SSSR count). The summed E-state index contributed by atoms with van der Waals surface area (Å²) in [5.74, 6) is 0.620. The highest BCUT2D eigenvalue weighted by Crippen LogP contribution is 2.19. The maximum Gasteiger partial charge on any atom is 0.253 e. The van der Waals surface area contributed by atoms with Gasteiger partial charge in [0.1, 0.15) is 10.4 Å². The van der Waals surface area contributed by atoms with E-state index in [0.717, 1.165) is 11.3 Å². The average molecular weight is 335 g/mol. The molecular formula is C15H15BrN2O2. The van der Waals surface area contributed by atoms with Gasteiger partial charge < -0.3 is 10.1 Å². The Balaban J connectivity index is 2.08. The molecule has 0 saturated heterocycles. The highest BCUT2D eigenvalue weighted by molar-refractivity contribution is 9.10. The summed E-state index contributed by atoms with van der Waals surface area (Å²) in [6, 6.07) is 11.0. The van der Waals surface area contributed by atoms with Gasteiger partial charge in [0.2, 0.25) is 0 Å². The zero-order chi connectivity index (χ0) is 14.5. The van der Waals surface area contributed by atoms with E-state index in [1.165, 1.54) is 6.20 Å². The van der Waals surface area contributed by atoms with Crippen LogP contribution in [-0.4, -0.2) is 18.0 Å². The molecule has 1 amide bonds. The van der Waals surface area contributed by atoms with E-state index in [1.807, 2.05) is 31.2 Å². The van der Waals surface area contributed by atoms with Gasteiger partial charge in [-0.2, -0.15) is 0 Å². The first kappa shape index (κ1) is 14.5. The van der Waals surface area contributed by atoms with Gasteiger partial charge in [0.05, 0.1) is 18.7 Å². The summed E-state index contributed by atoms with van der Waals surface area (Å²) in [6.07, 6.45) is 1.54. The summed E-state index contributed by atoms with van der Waals surface area (Å²) in [5.41, 5.74) is 1.52. The Bertz CT molecular complexity index is 599. The first-order valence-electron chi connectivity index (χ1n) is 6.16. The monoisotopic (exact) mass is 334 g/mol. The lowest BCUT2D eigenvalue weighted by Gasteiger charge is -2.15. The maximum atomic E-state index is 12.1. The largest absolute Gasteiger partial charge is 0.497 e. The van der Waals surface area contributed by atoms with Crippen molar-refractivity contribution in [3.8, 4) is 5.75 Å². The molecule has 0 aliphatic carbocycles. The van der Waals surface area contributed by atoms with E-state index < -0.39 is 0 Å². The molecule has 4 nitrogen and oxygen atoms in total. The summed E-state index contributed by atoms with van der Waals surface area (Å²) in [5, 5.41) is 2.93. The minimum Gasteiger partial charge on any atom is -0.497 e. The van der Waals surface area contributed by atoms with Crippen LogP contribution in [0.25, 0.3) is 0 Å². The predicted octanol–water partition coefficient (Wildman–Crippen LogP) is 3.34. The molecule has 1 heterocycles. The van der Waals surface area contributed by atoms with Gasteiger partial charge in [-0.3, -0.25) is 4.79 Å². The lowest BCUT2D eigenvalue weighted by Crippen LogP contribution is -2.26. The molecule has 0 saturated carbocycles. The van der Waals surface area contributed by atoms with Crippen molar-refractivity contribution in [1.82, 2.24) is 10.3 Å². The molecule has 0 radical (unpaired) electrons. The van der Waals surface area contributed by atoms with E-state index >= 15 is 0 Å². The van der Waals surface area contributed by atoms with Gasteiger partial charge in [-0.15, -0.1) is 0 Å². The van der Waals surface area contributed by atoms with Crippen LogP contribution < -0.4 is 10.1 Å². The van der Waals surface area contributed by atoms with E-state index in [1.54, 1.807) is 19.2 Å². The molecule has 20 heavy (non-hydrogen) atoms. The first-order valence-corrected chi connectivity index (χ1v) is 6.96. The van der Waals surface area contributed by atoms with Crippen LogP contribution in [0.5, 0.6) is 5.75 Å². The summed E-state index contributed by atoms with van der Waals surface area (Å²) in [4.78, 5) is 16.1. The van der Waals surface area contributed by atoms with Crippen molar-refractivity contribution in [3.63, 3.8) is 0 Å². The highest BCUT2D eigenvalue weighted by Gasteiger charge is 2.12. The van der Waals surface area contributed by atoms with Crippen molar-refractivity contribution in [1.29, 1.82) is 0 Å². The molecule has 0 fully saturated rings. The molecule has 0 spiro atoms. The quantitative estimate of drug-likeness (QED) is 0.872. The van der Waals surface area contributed by atoms with Crippen LogP contribution in [0.3, 0.4) is 0 Å². The minimum atomic E-state index is -0.152. The van der Waals surface area contributed by atoms with Gasteiger partial charge in [-0.05, 0) is 52.7 Å². The number of carbonyl (C=O) groups is 1. The number of carbonyl (C=O) groups excluding carboxylic acids is 1. The lowest BCUT2D eigenvalue weighted by atomic mass is 10.1. The van der Waals surface area contributed by atoms with Crippen molar-refractivity contribution < 1.29 is 9.53 Å². The smallest absolute Gasteiger partial charge is 0.253 e. The molecule has 5 heteroatoms. The number of nitrogens with one attached hydrogen (secondary N) is 1. The normalized spacial score (nSPS) is 11.8. The zero-order valence-corrected chi connectivity index (χ0v) is 12.8. The first-order chi connectivity index (χ1) is 9.60. The van der Waals surface area contributed by atoms with Gasteiger partial charge in [0, 0.05) is 6.20 Å². The van der Waals surface area contributed by atoms with Crippen LogP contribution in [-0.2, 0) is 0 Å². The Morgan fingerprint density at radius 1 is 1.35 bits per heavy atom. The van der Waals surface area contributed by atoms with Crippen LogP contribution >= 0.6 is 15.9 Å². The van der Waals surface area contributed by atoms with Gasteiger partial charge in [-0.1, -0.05) is 12.1 Å². The van der Waals surface area contributed by atoms with E-state index in [0.29, 0.717) is 10.2 Å². The van der Waals surface area contributed by atoms with Crippen molar-refractivity contribution in [2.75, 3.05) is 7.11 Å². The van der Waals surface area contributed by atoms with Crippen LogP contribution in [0.1, 0.15) is 28.9 Å². The zero-order valence-electron chi connectivity index (χ0n) is 11.3. The van der Waals surface area contributed by atoms with Gasteiger partial charge in [0.25, 0.3) is 5.91 Å². The Morgan fingerprint density at radius 3 is 2.80 bits per heavy atom. The van der Waals surface area contributed by atoms with E-state index in [9.17, 15) is 4.79 Å². The second kappa shape index (κ2) is 6.52. The fourth-order valence-electron chi connectivity index (χ4n) is 1.78. The third-order valence-electron chi connectivity index (χ3n) is 2.93. The molecule has 0 aliphatic rings. The summed E-state index contributed by atoms with van der Waals surface area (Å²) in [6.45, 7) is 1.93. The summed E-state index contributed by atoms with van der Waals surface area (Å²) in [7, 11) is 1.62. The number of hydrogen-bond donors (Lipinski definition) is 1. The molecule has 1 atom stereocenters. The van der Waals surface area contributed by atoms with Crippen molar-refractivity contribution >= 4 is 21.8 Å². The number of benzene rings is 1. The van der Waals surface area contributed by atoms with Crippen LogP contribution in [0.2, 0.25) is 0 Å². The van der Waals surface area contributed by atoms with Crippen molar-refractivity contribution in [2.45, 2.75) is 13.0 Å². The second-order valence-corrected chi connectivity index (χ2v) is 5.15. The molecule has 1 unspecified atom stereocenters. The minimum absolute atomic E-state index is 0.110. The average Bonchev–Trinajstić information content (AvgIpc) is 2.47. The molecule has 1 N–H and O–H groups in total. The van der Waals surface area contributed by atoms with Gasteiger partial charge in [0.15, 0.2) is 0 Å². The number of aromatic nitrogens is 1. The number of halogens is 1. The Labute approximate surface area is 126 Å². The lowest BCUT2D eigenvalue weighted by molar-refractivity contribution is 0.0939. The third-order valence-corrected chi connectivity index (χ3v) is 3.40. The number of rotatable bonds is 4. The molecule has 0 bridgehead atoms. The molecule has 2 aromatic rings. The van der Waals surface area contributed by atoms with E-state index in [2.05, 4.69) is 26.2 Å². The summed E-state index contributed by atoms with van der Waals surface area (Å²) < 4.78 is 5.88. The van der Waals surface area contributed by atoms with Crippen LogP contribution in [0, 0.1) is 0 Å². The number of pyridine rings is 1. The predicted molar refractivity (Wildman–Crippen MR) is 80.8 cm³/mol. The van der Waals surface area contributed by atoms with Gasteiger partial charge >= 0.3 is 0 Å². The molecule has 1 aromatic heterocycles. The number of nitrogens with zero attached hydrogens (tertiary/aromatic N) is 1. The van der Waals surface area contributed by atoms with Crippen molar-refractivity contribution in [3.05, 3.63) is 58.3 Å². The van der Waals surface area contributed by atoms with Crippen molar-refractivity contribution in [2.24, 2.45) is 0 Å². The Morgan fingerprint density at radius 2 is 2.15 bits per heavy atom. The Kier molecular flexibility index (Phi) is 4.74. The molecule has 104 valence electrons. The number of methoxy groups -OCH3 is 1. The molecule has 1 aromatic carbocycles. The standard InChI is InChI=1S/C15H15BrN2O2/c1-10(11-4-3-5-13(8-11)20-2)18-15(19)12-6-7-14(16)17-9-12/h3-10H,1-2H3,(H,18,19). The SMILES string of the molecule is COc1cccc(C(C)NC(=O)c2ccc(Br)nc2)c1. The van der Waals surface area contributed by atoms with Crippen LogP contribution in [0.4, 0.5) is 0 Å². The third kappa shape index (κ3) is 3.57. The number of ether oxygens (including phenoxy) is 1. The Hall–Kier alpha value is -1.88. The second-order valence-electron chi connectivity index (χ2n) is 4.34. The summed E-state index contributed by atoms with van der Waals surface area (Å²) >= 11 is 3.24. The van der Waals surface area contributed by atoms with E-state index in [-0.39, 0.29) is 11.9 Å².